The number of carboxylic acids is 2. The zero-order valence-corrected chi connectivity index (χ0v) is 7.04. The van der Waals surface area contributed by atoms with Crippen molar-refractivity contribution in [1.82, 2.24) is 5.32 Å². The monoisotopic (exact) mass is 229 g/mol. The van der Waals surface area contributed by atoms with Crippen LogP contribution in [0.4, 0.5) is 13.2 Å². The van der Waals surface area contributed by atoms with Gasteiger partial charge in [0.25, 0.3) is 0 Å². The molecule has 0 fully saturated rings. The summed E-state index contributed by atoms with van der Waals surface area (Å²) in [4.78, 5) is 30.6. The molecule has 0 spiro atoms. The van der Waals surface area contributed by atoms with Crippen molar-refractivity contribution in [1.29, 1.82) is 0 Å². The van der Waals surface area contributed by atoms with E-state index in [0.717, 1.165) is 5.32 Å². The maximum atomic E-state index is 11.7. The molecule has 0 aliphatic rings. The van der Waals surface area contributed by atoms with Gasteiger partial charge in [-0.3, -0.25) is 9.59 Å². The normalized spacial score (nSPS) is 13.0. The van der Waals surface area contributed by atoms with E-state index in [2.05, 4.69) is 0 Å². The van der Waals surface area contributed by atoms with Crippen LogP contribution in [0.3, 0.4) is 0 Å². The summed E-state index contributed by atoms with van der Waals surface area (Å²) in [6.07, 6.45) is -6.37. The maximum Gasteiger partial charge on any atom is 0.471 e. The molecule has 1 unspecified atom stereocenters. The van der Waals surface area contributed by atoms with Gasteiger partial charge >= 0.3 is 24.0 Å². The van der Waals surface area contributed by atoms with Crippen molar-refractivity contribution in [3.05, 3.63) is 0 Å². The Morgan fingerprint density at radius 1 is 1.20 bits per heavy atom. The minimum Gasteiger partial charge on any atom is -0.481 e. The number of nitrogens with one attached hydrogen (secondary N) is 1. The Kier molecular flexibility index (Phi) is 4.07. The molecule has 1 amide bonds. The van der Waals surface area contributed by atoms with Crippen LogP contribution in [-0.4, -0.2) is 40.3 Å². The first-order valence-electron chi connectivity index (χ1n) is 3.47. The Morgan fingerprint density at radius 2 is 1.67 bits per heavy atom. The first kappa shape index (κ1) is 13.2. The van der Waals surface area contributed by atoms with E-state index in [4.69, 9.17) is 10.2 Å². The molecule has 1 atom stereocenters. The second kappa shape index (κ2) is 4.62. The van der Waals surface area contributed by atoms with E-state index in [-0.39, 0.29) is 0 Å². The second-order valence-corrected chi connectivity index (χ2v) is 2.46. The van der Waals surface area contributed by atoms with Crippen molar-refractivity contribution >= 4 is 17.8 Å². The van der Waals surface area contributed by atoms with Gasteiger partial charge in [0.1, 0.15) is 6.04 Å². The third kappa shape index (κ3) is 4.84. The number of carbonyl (C=O) groups excluding carboxylic acids is 1. The van der Waals surface area contributed by atoms with Gasteiger partial charge in [0.2, 0.25) is 0 Å². The zero-order valence-electron chi connectivity index (χ0n) is 7.04. The van der Waals surface area contributed by atoms with E-state index < -0.39 is 36.5 Å². The predicted octanol–water partition coefficient (Wildman–Crippen LogP) is -0.407. The average molecular weight is 229 g/mol. The molecule has 0 aliphatic carbocycles. The summed E-state index contributed by atoms with van der Waals surface area (Å²) in [7, 11) is 0. The van der Waals surface area contributed by atoms with E-state index in [9.17, 15) is 27.6 Å². The van der Waals surface area contributed by atoms with Crippen LogP contribution in [0.15, 0.2) is 0 Å². The molecule has 0 rings (SSSR count). The lowest BCUT2D eigenvalue weighted by molar-refractivity contribution is -0.175. The molecule has 0 radical (unpaired) electrons. The van der Waals surface area contributed by atoms with Crippen LogP contribution in [0.25, 0.3) is 0 Å². The van der Waals surface area contributed by atoms with Gasteiger partial charge < -0.3 is 15.5 Å². The Bertz CT molecular complexity index is 287. The summed E-state index contributed by atoms with van der Waals surface area (Å²) in [6, 6.07) is -2.10. The van der Waals surface area contributed by atoms with Crippen molar-refractivity contribution in [2.45, 2.75) is 18.6 Å². The molecule has 0 saturated heterocycles. The van der Waals surface area contributed by atoms with Crippen molar-refractivity contribution in [3.8, 4) is 0 Å². The molecule has 6 nitrogen and oxygen atoms in total. The molecule has 86 valence electrons. The van der Waals surface area contributed by atoms with E-state index in [0.29, 0.717) is 0 Å². The number of alkyl halides is 3. The molecule has 15 heavy (non-hydrogen) atoms. The minimum absolute atomic E-state index is 1.04. The molecular weight excluding hydrogens is 223 g/mol. The SMILES string of the molecule is O=C(O)CC(NC(=O)C(F)(F)F)C(=O)O. The molecule has 3 N–H and O–H groups in total. The lowest BCUT2D eigenvalue weighted by atomic mass is 10.2. The second-order valence-electron chi connectivity index (χ2n) is 2.46. The first-order chi connectivity index (χ1) is 6.64. The standard InChI is InChI=1S/C6H6F3NO5/c7-6(8,9)5(15)10-2(4(13)14)1-3(11)12/h2H,1H2,(H,10,15)(H,11,12)(H,13,14). The summed E-state index contributed by atoms with van der Waals surface area (Å²) < 4.78 is 35.0. The average Bonchev–Trinajstić information content (AvgIpc) is 1.99. The summed E-state index contributed by atoms with van der Waals surface area (Å²) in [5.74, 6) is -5.98. The van der Waals surface area contributed by atoms with Crippen molar-refractivity contribution in [2.24, 2.45) is 0 Å². The van der Waals surface area contributed by atoms with E-state index >= 15 is 0 Å². The van der Waals surface area contributed by atoms with Gasteiger partial charge in [-0.1, -0.05) is 0 Å². The van der Waals surface area contributed by atoms with Gasteiger partial charge in [-0.25, -0.2) is 4.79 Å². The molecule has 0 saturated carbocycles. The molecule has 0 aliphatic heterocycles. The number of carboxylic acid groups (broad SMARTS) is 2. The third-order valence-corrected chi connectivity index (χ3v) is 1.24. The fraction of sp³-hybridized carbons (Fsp3) is 0.500. The van der Waals surface area contributed by atoms with Gasteiger partial charge in [-0.2, -0.15) is 13.2 Å². The number of aliphatic carboxylic acids is 2. The van der Waals surface area contributed by atoms with Crippen LogP contribution in [0.2, 0.25) is 0 Å². The minimum atomic E-state index is -5.24. The van der Waals surface area contributed by atoms with Gasteiger partial charge in [-0.15, -0.1) is 0 Å². The van der Waals surface area contributed by atoms with Crippen LogP contribution in [0.5, 0.6) is 0 Å². The van der Waals surface area contributed by atoms with E-state index in [1.54, 1.807) is 0 Å². The third-order valence-electron chi connectivity index (χ3n) is 1.24. The highest BCUT2D eigenvalue weighted by molar-refractivity contribution is 5.89. The Hall–Kier alpha value is -1.80. The van der Waals surface area contributed by atoms with Crippen molar-refractivity contribution < 1.29 is 37.8 Å². The van der Waals surface area contributed by atoms with Crippen LogP contribution in [0, 0.1) is 0 Å². The molecule has 0 aromatic heterocycles. The first-order valence-corrected chi connectivity index (χ1v) is 3.47. The van der Waals surface area contributed by atoms with Crippen LogP contribution >= 0.6 is 0 Å². The molecule has 0 bridgehead atoms. The number of hydrogen-bond donors (Lipinski definition) is 3. The van der Waals surface area contributed by atoms with E-state index in [1.807, 2.05) is 0 Å². The molecule has 0 aromatic rings. The van der Waals surface area contributed by atoms with Gasteiger partial charge in [-0.05, 0) is 0 Å². The molecule has 9 heteroatoms. The Labute approximate surface area is 80.7 Å². The van der Waals surface area contributed by atoms with Crippen LogP contribution in [0.1, 0.15) is 6.42 Å². The summed E-state index contributed by atoms with van der Waals surface area (Å²) in [5, 5.41) is 17.5. The lowest BCUT2D eigenvalue weighted by Crippen LogP contribution is -2.47. The molecule has 0 aromatic carbocycles. The molecular formula is C6H6F3NO5. The van der Waals surface area contributed by atoms with Gasteiger partial charge in [0, 0.05) is 0 Å². The molecule has 0 heterocycles. The zero-order chi connectivity index (χ0) is 12.2. The highest BCUT2D eigenvalue weighted by Gasteiger charge is 2.41. The summed E-state index contributed by atoms with van der Waals surface area (Å²) >= 11 is 0. The number of rotatable bonds is 4. The number of amides is 1. The van der Waals surface area contributed by atoms with Crippen LogP contribution < -0.4 is 5.32 Å². The maximum absolute atomic E-state index is 11.7. The Balaban J connectivity index is 4.50. The predicted molar refractivity (Wildman–Crippen MR) is 37.9 cm³/mol. The fourth-order valence-electron chi connectivity index (χ4n) is 0.615. The van der Waals surface area contributed by atoms with Crippen molar-refractivity contribution in [3.63, 3.8) is 0 Å². The largest absolute Gasteiger partial charge is 0.481 e. The van der Waals surface area contributed by atoms with E-state index in [1.165, 1.54) is 0 Å². The van der Waals surface area contributed by atoms with Crippen molar-refractivity contribution in [2.75, 3.05) is 0 Å². The van der Waals surface area contributed by atoms with Gasteiger partial charge in [0.15, 0.2) is 0 Å². The Morgan fingerprint density at radius 3 is 1.93 bits per heavy atom. The number of carbonyl (C=O) groups is 3. The highest BCUT2D eigenvalue weighted by Crippen LogP contribution is 2.14. The number of halogens is 3. The highest BCUT2D eigenvalue weighted by atomic mass is 19.4. The number of hydrogen-bond acceptors (Lipinski definition) is 3. The smallest absolute Gasteiger partial charge is 0.471 e. The quantitative estimate of drug-likeness (QED) is 0.608. The fourth-order valence-corrected chi connectivity index (χ4v) is 0.615. The van der Waals surface area contributed by atoms with Gasteiger partial charge in [0.05, 0.1) is 6.42 Å². The topological polar surface area (TPSA) is 104 Å². The summed E-state index contributed by atoms with van der Waals surface area (Å²) in [5.41, 5.74) is 0. The lowest BCUT2D eigenvalue weighted by Gasteiger charge is -2.13. The van der Waals surface area contributed by atoms with Crippen LogP contribution in [-0.2, 0) is 14.4 Å². The summed E-state index contributed by atoms with van der Waals surface area (Å²) in [6.45, 7) is 0.